The Balaban J connectivity index is 0.00000280. The van der Waals surface area contributed by atoms with E-state index in [1.54, 1.807) is 18.2 Å². The first-order valence-corrected chi connectivity index (χ1v) is 9.86. The zero-order valence-electron chi connectivity index (χ0n) is 16.1. The molecule has 0 aromatic heterocycles. The summed E-state index contributed by atoms with van der Waals surface area (Å²) in [6.45, 7) is 2.66. The van der Waals surface area contributed by atoms with Crippen molar-refractivity contribution in [2.24, 2.45) is 0 Å². The van der Waals surface area contributed by atoms with Crippen LogP contribution in [-0.2, 0) is 11.3 Å². The summed E-state index contributed by atoms with van der Waals surface area (Å²) in [4.78, 5) is 12.4. The molecule has 1 saturated heterocycles. The van der Waals surface area contributed by atoms with Crippen molar-refractivity contribution in [2.45, 2.75) is 25.4 Å². The zero-order valence-corrected chi connectivity index (χ0v) is 19.7. The summed E-state index contributed by atoms with van der Waals surface area (Å²) >= 11 is 11.9. The first kappa shape index (κ1) is 23.4. The van der Waals surface area contributed by atoms with Gasteiger partial charge >= 0.3 is 0 Å². The van der Waals surface area contributed by atoms with E-state index >= 15 is 0 Å². The number of anilines is 1. The van der Waals surface area contributed by atoms with Crippen molar-refractivity contribution in [1.82, 2.24) is 0 Å². The summed E-state index contributed by atoms with van der Waals surface area (Å²) in [5.41, 5.74) is 2.48. The second-order valence-corrected chi connectivity index (χ2v) is 8.37. The molecule has 28 heavy (non-hydrogen) atoms. The average molecular weight is 535 g/mol. The minimum absolute atomic E-state index is 0. The van der Waals surface area contributed by atoms with E-state index in [0.717, 1.165) is 42.8 Å². The lowest BCUT2D eigenvalue weighted by molar-refractivity contribution is -0.929. The maximum absolute atomic E-state index is 12.4. The number of halogens is 3. The highest BCUT2D eigenvalue weighted by Crippen LogP contribution is 2.24. The van der Waals surface area contributed by atoms with Gasteiger partial charge in [0.15, 0.2) is 0 Å². The van der Waals surface area contributed by atoms with Gasteiger partial charge in [0.25, 0.3) is 5.91 Å². The molecule has 0 atom stereocenters. The lowest BCUT2D eigenvalue weighted by atomic mass is 10.0. The average Bonchev–Trinajstić information content (AvgIpc) is 2.66. The van der Waals surface area contributed by atoms with Gasteiger partial charge in [-0.1, -0.05) is 35.3 Å². The lowest BCUT2D eigenvalue weighted by Crippen LogP contribution is -3.00. The first-order chi connectivity index (χ1) is 12.8. The number of carbonyl (C=O) groups is 1. The molecule has 1 heterocycles. The maximum Gasteiger partial charge on any atom is 0.255 e. The van der Waals surface area contributed by atoms with Crippen molar-refractivity contribution >= 4 is 34.8 Å². The van der Waals surface area contributed by atoms with E-state index in [9.17, 15) is 4.79 Å². The molecule has 1 aliphatic rings. The number of benzene rings is 2. The Bertz CT molecular complexity index is 807. The number of quaternary nitrogens is 1. The Morgan fingerprint density at radius 3 is 2.32 bits per heavy atom. The molecule has 0 bridgehead atoms. The van der Waals surface area contributed by atoms with Gasteiger partial charge in [0, 0.05) is 29.7 Å². The van der Waals surface area contributed by atoms with Gasteiger partial charge in [0.1, 0.15) is 6.54 Å². The Morgan fingerprint density at radius 1 is 1.07 bits per heavy atom. The van der Waals surface area contributed by atoms with Gasteiger partial charge in [-0.15, -0.1) is 0 Å². The fourth-order valence-corrected chi connectivity index (χ4v) is 3.82. The van der Waals surface area contributed by atoms with Crippen LogP contribution in [0, 0.1) is 0 Å². The molecule has 0 unspecified atom stereocenters. The predicted molar refractivity (Wildman–Crippen MR) is 111 cm³/mol. The van der Waals surface area contributed by atoms with Gasteiger partial charge in [-0.3, -0.25) is 4.79 Å². The Morgan fingerprint density at radius 2 is 1.71 bits per heavy atom. The number of rotatable bonds is 5. The third-order valence-corrected chi connectivity index (χ3v) is 5.90. The van der Waals surface area contributed by atoms with Crippen LogP contribution in [0.1, 0.15) is 28.8 Å². The third kappa shape index (κ3) is 6.07. The Labute approximate surface area is 193 Å². The van der Waals surface area contributed by atoms with E-state index in [2.05, 4.69) is 31.5 Å². The minimum Gasteiger partial charge on any atom is -1.00 e. The van der Waals surface area contributed by atoms with Crippen LogP contribution in [0.3, 0.4) is 0 Å². The highest BCUT2D eigenvalue weighted by molar-refractivity contribution is 6.42. The van der Waals surface area contributed by atoms with Crippen LogP contribution in [-0.4, -0.2) is 43.7 Å². The second-order valence-electron chi connectivity index (χ2n) is 7.56. The van der Waals surface area contributed by atoms with Crippen LogP contribution in [0.25, 0.3) is 0 Å². The van der Waals surface area contributed by atoms with Crippen LogP contribution < -0.4 is 29.3 Å². The van der Waals surface area contributed by atoms with Crippen molar-refractivity contribution in [2.75, 3.05) is 32.6 Å². The lowest BCUT2D eigenvalue weighted by Gasteiger charge is -2.40. The van der Waals surface area contributed by atoms with E-state index in [0.29, 0.717) is 21.7 Å². The standard InChI is InChI=1S/C21H24Cl2N2O2.HI/c1-25(2,18-9-11-27-12-10-18)14-15-3-6-17(7-4-15)24-21(26)16-5-8-19(22)20(23)13-16;/h3-8,13,18H,9-12,14H2,1-2H3;1H. The highest BCUT2D eigenvalue weighted by atomic mass is 127. The normalized spacial score (nSPS) is 15.0. The van der Waals surface area contributed by atoms with Gasteiger partial charge in [-0.05, 0) is 30.3 Å². The van der Waals surface area contributed by atoms with Crippen LogP contribution in [0.4, 0.5) is 5.69 Å². The largest absolute Gasteiger partial charge is 1.00 e. The molecule has 1 amide bonds. The molecule has 2 aromatic carbocycles. The van der Waals surface area contributed by atoms with E-state index in [1.807, 2.05) is 12.1 Å². The molecule has 1 aliphatic heterocycles. The first-order valence-electron chi connectivity index (χ1n) is 9.11. The third-order valence-electron chi connectivity index (χ3n) is 5.16. The highest BCUT2D eigenvalue weighted by Gasteiger charge is 2.30. The van der Waals surface area contributed by atoms with E-state index in [-0.39, 0.29) is 29.9 Å². The van der Waals surface area contributed by atoms with Crippen molar-refractivity contribution in [3.63, 3.8) is 0 Å². The molecule has 2 aromatic rings. The van der Waals surface area contributed by atoms with Crippen molar-refractivity contribution in [3.05, 3.63) is 63.6 Å². The molecule has 0 aliphatic carbocycles. The number of hydrogen-bond acceptors (Lipinski definition) is 2. The Hall–Kier alpha value is -0.860. The topological polar surface area (TPSA) is 38.3 Å². The van der Waals surface area contributed by atoms with Gasteiger partial charge < -0.3 is 38.5 Å². The summed E-state index contributed by atoms with van der Waals surface area (Å²) in [5.74, 6) is -0.209. The summed E-state index contributed by atoms with van der Waals surface area (Å²) in [5, 5.41) is 3.70. The summed E-state index contributed by atoms with van der Waals surface area (Å²) < 4.78 is 6.43. The number of ether oxygens (including phenoxy) is 1. The molecular formula is C21H25Cl2IN2O2. The number of nitrogens with zero attached hydrogens (tertiary/aromatic N) is 1. The van der Waals surface area contributed by atoms with Gasteiger partial charge in [0.2, 0.25) is 0 Å². The number of carbonyl (C=O) groups excluding carboxylic acids is 1. The van der Waals surface area contributed by atoms with Crippen molar-refractivity contribution < 1.29 is 38.0 Å². The second kappa shape index (κ2) is 10.3. The minimum atomic E-state index is -0.209. The van der Waals surface area contributed by atoms with Gasteiger partial charge in [-0.2, -0.15) is 0 Å². The molecule has 3 rings (SSSR count). The fraction of sp³-hybridized carbons (Fsp3) is 0.381. The van der Waals surface area contributed by atoms with Gasteiger partial charge in [0.05, 0.1) is 43.4 Å². The van der Waals surface area contributed by atoms with Crippen LogP contribution in [0.5, 0.6) is 0 Å². The molecule has 4 nitrogen and oxygen atoms in total. The van der Waals surface area contributed by atoms with Crippen molar-refractivity contribution in [3.8, 4) is 0 Å². The van der Waals surface area contributed by atoms with Crippen LogP contribution in [0.15, 0.2) is 42.5 Å². The molecule has 0 saturated carbocycles. The quantitative estimate of drug-likeness (QED) is 0.471. The summed E-state index contributed by atoms with van der Waals surface area (Å²) in [6, 6.07) is 13.5. The molecule has 152 valence electrons. The molecule has 0 spiro atoms. The van der Waals surface area contributed by atoms with Gasteiger partial charge in [-0.25, -0.2) is 0 Å². The molecule has 0 radical (unpaired) electrons. The zero-order chi connectivity index (χ0) is 19.4. The van der Waals surface area contributed by atoms with Crippen molar-refractivity contribution in [1.29, 1.82) is 0 Å². The molecule has 1 fully saturated rings. The van der Waals surface area contributed by atoms with E-state index in [1.165, 1.54) is 5.56 Å². The fourth-order valence-electron chi connectivity index (χ4n) is 3.52. The number of amides is 1. The smallest absolute Gasteiger partial charge is 0.255 e. The van der Waals surface area contributed by atoms with Crippen LogP contribution >= 0.6 is 23.2 Å². The maximum atomic E-state index is 12.4. The molecule has 7 heteroatoms. The van der Waals surface area contributed by atoms with E-state index in [4.69, 9.17) is 27.9 Å². The van der Waals surface area contributed by atoms with Crippen LogP contribution in [0.2, 0.25) is 10.0 Å². The van der Waals surface area contributed by atoms with E-state index < -0.39 is 0 Å². The SMILES string of the molecule is C[N+](C)(Cc1ccc(NC(=O)c2ccc(Cl)c(Cl)c2)cc1)C1CCOCC1.[I-]. The monoisotopic (exact) mass is 534 g/mol. The molecule has 1 N–H and O–H groups in total. The summed E-state index contributed by atoms with van der Waals surface area (Å²) in [7, 11) is 4.55. The Kier molecular flexibility index (Phi) is 8.58. The number of hydrogen-bond donors (Lipinski definition) is 1. The predicted octanol–water partition coefficient (Wildman–Crippen LogP) is 2.01. The molecular weight excluding hydrogens is 510 g/mol. The summed E-state index contributed by atoms with van der Waals surface area (Å²) in [6.07, 6.45) is 2.20. The number of nitrogens with one attached hydrogen (secondary N) is 1.